The number of nitrogens with zero attached hydrogens (tertiary/aromatic N) is 2. The summed E-state index contributed by atoms with van der Waals surface area (Å²) in [5.41, 5.74) is 0. The molecule has 0 aliphatic heterocycles. The summed E-state index contributed by atoms with van der Waals surface area (Å²) in [6.45, 7) is 2.96. The smallest absolute Gasteiger partial charge is 0.113 e. The summed E-state index contributed by atoms with van der Waals surface area (Å²) < 4.78 is 0.766. The molecular weight excluding hydrogens is 230 g/mol. The van der Waals surface area contributed by atoms with Crippen LogP contribution >= 0.6 is 22.9 Å². The Morgan fingerprint density at radius 1 is 1.67 bits per heavy atom. The first-order valence-electron chi connectivity index (χ1n) is 5.27. The maximum absolute atomic E-state index is 5.79. The number of hydrogen-bond donors (Lipinski definition) is 1. The Kier molecular flexibility index (Phi) is 3.97. The quantitative estimate of drug-likeness (QED) is 0.777. The summed E-state index contributed by atoms with van der Waals surface area (Å²) in [6.07, 6.45) is 4.46. The summed E-state index contributed by atoms with van der Waals surface area (Å²) in [4.78, 5) is 6.61. The number of likely N-dealkylation sites (N-methyl/N-ethyl adjacent to an activating group) is 1. The molecule has 0 radical (unpaired) electrons. The second-order valence-corrected chi connectivity index (χ2v) is 5.69. The van der Waals surface area contributed by atoms with Crippen LogP contribution in [0.25, 0.3) is 0 Å². The van der Waals surface area contributed by atoms with Gasteiger partial charge >= 0.3 is 0 Å². The summed E-state index contributed by atoms with van der Waals surface area (Å²) in [5.74, 6) is 0. The van der Waals surface area contributed by atoms with E-state index in [-0.39, 0.29) is 0 Å². The minimum absolute atomic E-state index is 0.766. The maximum Gasteiger partial charge on any atom is 0.113 e. The third kappa shape index (κ3) is 3.72. The van der Waals surface area contributed by atoms with E-state index in [1.165, 1.54) is 12.8 Å². The van der Waals surface area contributed by atoms with Gasteiger partial charge in [0, 0.05) is 25.7 Å². The minimum atomic E-state index is 0.766. The average molecular weight is 246 g/mol. The Labute approximate surface area is 99.5 Å². The van der Waals surface area contributed by atoms with Crippen molar-refractivity contribution in [3.63, 3.8) is 0 Å². The number of thiazole rings is 1. The lowest BCUT2D eigenvalue weighted by atomic mass is 10.5. The van der Waals surface area contributed by atoms with Crippen molar-refractivity contribution >= 4 is 22.9 Å². The standard InChI is InChI=1S/C10H16ClN3S/c1-14(8-2-3-8)5-4-12-7-10-13-6-9(11)15-10/h6,8,12H,2-5,7H2,1H3. The lowest BCUT2D eigenvalue weighted by Crippen LogP contribution is -2.30. The zero-order valence-corrected chi connectivity index (χ0v) is 10.4. The molecule has 1 aliphatic rings. The van der Waals surface area contributed by atoms with E-state index in [2.05, 4.69) is 22.2 Å². The van der Waals surface area contributed by atoms with Crippen LogP contribution in [0.4, 0.5) is 0 Å². The van der Waals surface area contributed by atoms with Crippen LogP contribution in [0.2, 0.25) is 4.34 Å². The van der Waals surface area contributed by atoms with E-state index in [4.69, 9.17) is 11.6 Å². The van der Waals surface area contributed by atoms with Crippen LogP contribution in [-0.2, 0) is 6.54 Å². The van der Waals surface area contributed by atoms with Crippen molar-refractivity contribution in [1.82, 2.24) is 15.2 Å². The van der Waals surface area contributed by atoms with Crippen LogP contribution in [0.15, 0.2) is 6.20 Å². The highest BCUT2D eigenvalue weighted by atomic mass is 35.5. The Balaban J connectivity index is 1.58. The lowest BCUT2D eigenvalue weighted by molar-refractivity contribution is 0.321. The summed E-state index contributed by atoms with van der Waals surface area (Å²) in [5, 5.41) is 4.44. The fourth-order valence-corrected chi connectivity index (χ4v) is 2.44. The molecule has 1 fully saturated rings. The van der Waals surface area contributed by atoms with Gasteiger partial charge in [0.2, 0.25) is 0 Å². The van der Waals surface area contributed by atoms with Gasteiger partial charge in [0.05, 0.1) is 6.20 Å². The highest BCUT2D eigenvalue weighted by Gasteiger charge is 2.25. The van der Waals surface area contributed by atoms with Crippen molar-refractivity contribution in [2.24, 2.45) is 0 Å². The Bertz CT molecular complexity index is 311. The molecule has 0 spiro atoms. The maximum atomic E-state index is 5.79. The van der Waals surface area contributed by atoms with Gasteiger partial charge in [0.15, 0.2) is 0 Å². The van der Waals surface area contributed by atoms with Gasteiger partial charge in [-0.1, -0.05) is 11.6 Å². The number of rotatable bonds is 6. The van der Waals surface area contributed by atoms with Gasteiger partial charge < -0.3 is 10.2 Å². The molecule has 15 heavy (non-hydrogen) atoms. The van der Waals surface area contributed by atoms with Crippen LogP contribution in [-0.4, -0.2) is 36.1 Å². The number of halogens is 1. The molecule has 0 unspecified atom stereocenters. The second-order valence-electron chi connectivity index (χ2n) is 3.95. The Hall–Kier alpha value is -0.160. The molecule has 1 saturated carbocycles. The fraction of sp³-hybridized carbons (Fsp3) is 0.700. The molecule has 1 aliphatic carbocycles. The first kappa shape index (κ1) is 11.3. The Morgan fingerprint density at radius 3 is 3.07 bits per heavy atom. The first-order valence-corrected chi connectivity index (χ1v) is 6.46. The van der Waals surface area contributed by atoms with E-state index in [1.54, 1.807) is 17.5 Å². The van der Waals surface area contributed by atoms with Crippen molar-refractivity contribution in [3.05, 3.63) is 15.5 Å². The number of aromatic nitrogens is 1. The molecule has 1 N–H and O–H groups in total. The molecule has 0 amide bonds. The molecule has 2 rings (SSSR count). The van der Waals surface area contributed by atoms with E-state index in [0.29, 0.717) is 0 Å². The first-order chi connectivity index (χ1) is 7.25. The zero-order valence-electron chi connectivity index (χ0n) is 8.87. The molecular formula is C10H16ClN3S. The van der Waals surface area contributed by atoms with Crippen molar-refractivity contribution in [2.45, 2.75) is 25.4 Å². The molecule has 0 bridgehead atoms. The zero-order chi connectivity index (χ0) is 10.7. The highest BCUT2D eigenvalue weighted by Crippen LogP contribution is 2.24. The van der Waals surface area contributed by atoms with Crippen molar-refractivity contribution in [2.75, 3.05) is 20.1 Å². The van der Waals surface area contributed by atoms with Crippen LogP contribution in [0.1, 0.15) is 17.8 Å². The third-order valence-corrected chi connectivity index (χ3v) is 3.73. The van der Waals surface area contributed by atoms with Crippen molar-refractivity contribution in [3.8, 4) is 0 Å². The summed E-state index contributed by atoms with van der Waals surface area (Å²) in [7, 11) is 2.19. The molecule has 5 heteroatoms. The molecule has 1 aromatic rings. The van der Waals surface area contributed by atoms with E-state index >= 15 is 0 Å². The predicted octanol–water partition coefficient (Wildman–Crippen LogP) is 1.98. The highest BCUT2D eigenvalue weighted by molar-refractivity contribution is 7.15. The van der Waals surface area contributed by atoms with Gasteiger partial charge in [-0.05, 0) is 19.9 Å². The normalized spacial score (nSPS) is 16.2. The van der Waals surface area contributed by atoms with Crippen LogP contribution in [0.3, 0.4) is 0 Å². The van der Waals surface area contributed by atoms with Crippen LogP contribution in [0.5, 0.6) is 0 Å². The number of nitrogens with one attached hydrogen (secondary N) is 1. The minimum Gasteiger partial charge on any atom is -0.309 e. The molecule has 3 nitrogen and oxygen atoms in total. The molecule has 0 atom stereocenters. The number of hydrogen-bond acceptors (Lipinski definition) is 4. The monoisotopic (exact) mass is 245 g/mol. The molecule has 1 aromatic heterocycles. The largest absolute Gasteiger partial charge is 0.309 e. The predicted molar refractivity (Wildman–Crippen MR) is 64.5 cm³/mol. The molecule has 0 aromatic carbocycles. The van der Waals surface area contributed by atoms with E-state index in [0.717, 1.165) is 35.0 Å². The second kappa shape index (κ2) is 5.25. The van der Waals surface area contributed by atoms with E-state index < -0.39 is 0 Å². The van der Waals surface area contributed by atoms with Crippen LogP contribution in [0, 0.1) is 0 Å². The molecule has 0 saturated heterocycles. The SMILES string of the molecule is CN(CCNCc1ncc(Cl)s1)C1CC1. The van der Waals surface area contributed by atoms with Crippen molar-refractivity contribution in [1.29, 1.82) is 0 Å². The van der Waals surface area contributed by atoms with Gasteiger partial charge in [-0.15, -0.1) is 11.3 Å². The van der Waals surface area contributed by atoms with Gasteiger partial charge in [-0.3, -0.25) is 0 Å². The molecule has 84 valence electrons. The molecule has 1 heterocycles. The van der Waals surface area contributed by atoms with Gasteiger partial charge in [0.25, 0.3) is 0 Å². The topological polar surface area (TPSA) is 28.2 Å². The third-order valence-electron chi connectivity index (χ3n) is 2.61. The van der Waals surface area contributed by atoms with Crippen molar-refractivity contribution < 1.29 is 0 Å². The summed E-state index contributed by atoms with van der Waals surface area (Å²) in [6, 6.07) is 0.848. The fourth-order valence-electron chi connectivity index (χ4n) is 1.52. The van der Waals surface area contributed by atoms with Crippen LogP contribution < -0.4 is 5.32 Å². The van der Waals surface area contributed by atoms with E-state index in [9.17, 15) is 0 Å². The Morgan fingerprint density at radius 2 is 2.47 bits per heavy atom. The summed E-state index contributed by atoms with van der Waals surface area (Å²) >= 11 is 7.34. The van der Waals surface area contributed by atoms with E-state index in [1.807, 2.05) is 0 Å². The van der Waals surface area contributed by atoms with Gasteiger partial charge in [-0.2, -0.15) is 0 Å². The van der Waals surface area contributed by atoms with Gasteiger partial charge in [0.1, 0.15) is 9.34 Å². The van der Waals surface area contributed by atoms with Gasteiger partial charge in [-0.25, -0.2) is 4.98 Å². The lowest BCUT2D eigenvalue weighted by Gasteiger charge is -2.15. The average Bonchev–Trinajstić information content (AvgIpc) is 2.98.